The van der Waals surface area contributed by atoms with Gasteiger partial charge in [0.05, 0.1) is 5.54 Å². The van der Waals surface area contributed by atoms with Gasteiger partial charge >= 0.3 is 4.87 Å². The Labute approximate surface area is 135 Å². The van der Waals surface area contributed by atoms with Crippen LogP contribution < -0.4 is 15.9 Å². The molecule has 120 valence electrons. The summed E-state index contributed by atoms with van der Waals surface area (Å²) < 4.78 is 1.68. The molecule has 1 unspecified atom stereocenters. The molecule has 0 spiro atoms. The first kappa shape index (κ1) is 18.2. The highest BCUT2D eigenvalue weighted by molar-refractivity contribution is 7.09. The number of rotatable bonds is 6. The van der Waals surface area contributed by atoms with Crippen LogP contribution in [-0.4, -0.2) is 22.6 Å². The molecule has 0 radical (unpaired) electrons. The Balaban J connectivity index is 0.00000220. The molecule has 0 bridgehead atoms. The van der Waals surface area contributed by atoms with Gasteiger partial charge in [0.25, 0.3) is 0 Å². The Morgan fingerprint density at radius 3 is 2.52 bits per heavy atom. The molecular formula is C14H24ClN3O2S. The normalized spacial score (nSPS) is 17.0. The Bertz CT molecular complexity index is 565. The van der Waals surface area contributed by atoms with Gasteiger partial charge in [0.2, 0.25) is 5.91 Å². The van der Waals surface area contributed by atoms with Crippen LogP contribution in [0.5, 0.6) is 0 Å². The smallest absolute Gasteiger partial charge is 0.307 e. The Hall–Kier alpha value is -0.850. The van der Waals surface area contributed by atoms with Gasteiger partial charge in [0, 0.05) is 30.1 Å². The second kappa shape index (κ2) is 6.94. The molecule has 1 heterocycles. The van der Waals surface area contributed by atoms with E-state index in [0.29, 0.717) is 25.4 Å². The van der Waals surface area contributed by atoms with Crippen LogP contribution in [0.4, 0.5) is 0 Å². The van der Waals surface area contributed by atoms with Crippen LogP contribution in [0.1, 0.15) is 36.8 Å². The fourth-order valence-electron chi connectivity index (χ4n) is 2.48. The summed E-state index contributed by atoms with van der Waals surface area (Å²) in [6.07, 6.45) is 2.59. The lowest BCUT2D eigenvalue weighted by Crippen LogP contribution is -2.53. The van der Waals surface area contributed by atoms with Gasteiger partial charge in [0.15, 0.2) is 0 Å². The number of nitrogens with one attached hydrogen (secondary N) is 1. The number of hydrogen-bond donors (Lipinski definition) is 2. The number of halogens is 1. The molecule has 1 amide bonds. The summed E-state index contributed by atoms with van der Waals surface area (Å²) in [5.41, 5.74) is 6.45. The molecule has 2 rings (SSSR count). The molecule has 1 aromatic rings. The second-order valence-electron chi connectivity index (χ2n) is 5.86. The summed E-state index contributed by atoms with van der Waals surface area (Å²) in [5.74, 6) is 0.476. The summed E-state index contributed by atoms with van der Waals surface area (Å²) >= 11 is 1.24. The van der Waals surface area contributed by atoms with Crippen molar-refractivity contribution in [2.24, 2.45) is 11.7 Å². The van der Waals surface area contributed by atoms with E-state index in [2.05, 4.69) is 5.32 Å². The van der Waals surface area contributed by atoms with Crippen molar-refractivity contribution in [3.8, 4) is 0 Å². The molecule has 1 atom stereocenters. The minimum Gasteiger partial charge on any atom is -0.349 e. The monoisotopic (exact) mass is 333 g/mol. The first-order valence-corrected chi connectivity index (χ1v) is 7.87. The summed E-state index contributed by atoms with van der Waals surface area (Å²) in [5, 5.41) is 3.05. The van der Waals surface area contributed by atoms with E-state index in [1.165, 1.54) is 11.3 Å². The van der Waals surface area contributed by atoms with Crippen LogP contribution in [0.2, 0.25) is 0 Å². The van der Waals surface area contributed by atoms with E-state index >= 15 is 0 Å². The number of carbonyl (C=O) groups excluding carboxylic acids is 1. The van der Waals surface area contributed by atoms with Crippen LogP contribution in [-0.2, 0) is 11.3 Å². The number of thiazole rings is 1. The fourth-order valence-corrected chi connectivity index (χ4v) is 3.34. The quantitative estimate of drug-likeness (QED) is 0.829. The largest absolute Gasteiger partial charge is 0.349 e. The average Bonchev–Trinajstić information content (AvgIpc) is 3.19. The van der Waals surface area contributed by atoms with Crippen LogP contribution in [0, 0.1) is 19.8 Å². The molecule has 1 aliphatic rings. The van der Waals surface area contributed by atoms with Crippen LogP contribution in [0.25, 0.3) is 0 Å². The van der Waals surface area contributed by atoms with Crippen LogP contribution >= 0.6 is 23.7 Å². The first-order valence-electron chi connectivity index (χ1n) is 7.05. The maximum atomic E-state index is 12.1. The van der Waals surface area contributed by atoms with Crippen LogP contribution in [0.15, 0.2) is 4.79 Å². The molecule has 0 aromatic carbocycles. The third-order valence-corrected chi connectivity index (χ3v) is 5.26. The van der Waals surface area contributed by atoms with Gasteiger partial charge in [-0.3, -0.25) is 9.59 Å². The SMILES string of the molecule is Cc1sc(=O)n(CCC(=O)NC(C)(CN)C2CC2)c1C.Cl. The number of amides is 1. The average molecular weight is 334 g/mol. The van der Waals surface area contributed by atoms with E-state index in [9.17, 15) is 9.59 Å². The lowest BCUT2D eigenvalue weighted by Gasteiger charge is -2.29. The first-order chi connectivity index (χ1) is 9.37. The Kier molecular flexibility index (Phi) is 6.01. The fraction of sp³-hybridized carbons (Fsp3) is 0.714. The van der Waals surface area contributed by atoms with Crippen molar-refractivity contribution in [1.82, 2.24) is 9.88 Å². The highest BCUT2D eigenvalue weighted by Gasteiger charge is 2.41. The van der Waals surface area contributed by atoms with Gasteiger partial charge < -0.3 is 15.6 Å². The van der Waals surface area contributed by atoms with Crippen molar-refractivity contribution in [3.63, 3.8) is 0 Å². The van der Waals surface area contributed by atoms with Gasteiger partial charge in [-0.2, -0.15) is 0 Å². The zero-order chi connectivity index (χ0) is 14.9. The maximum Gasteiger partial charge on any atom is 0.307 e. The third kappa shape index (κ3) is 4.08. The number of carbonyl (C=O) groups is 1. The Morgan fingerprint density at radius 1 is 1.48 bits per heavy atom. The van der Waals surface area contributed by atoms with Gasteiger partial charge in [-0.05, 0) is 39.5 Å². The van der Waals surface area contributed by atoms with Gasteiger partial charge in [-0.15, -0.1) is 12.4 Å². The third-order valence-electron chi connectivity index (χ3n) is 4.27. The standard InChI is InChI=1S/C14H23N3O2S.ClH/c1-9-10(2)20-13(19)17(9)7-6-12(18)16-14(3,8-15)11-4-5-11;/h11H,4-8,15H2,1-3H3,(H,16,18);1H. The van der Waals surface area contributed by atoms with Crippen molar-refractivity contribution >= 4 is 29.7 Å². The van der Waals surface area contributed by atoms with Crippen LogP contribution in [0.3, 0.4) is 0 Å². The molecule has 1 aliphatic carbocycles. The van der Waals surface area contributed by atoms with E-state index in [-0.39, 0.29) is 28.7 Å². The molecule has 21 heavy (non-hydrogen) atoms. The summed E-state index contributed by atoms with van der Waals surface area (Å²) in [4.78, 5) is 24.9. The molecule has 3 N–H and O–H groups in total. The van der Waals surface area contributed by atoms with Crippen molar-refractivity contribution in [2.45, 2.75) is 52.1 Å². The predicted molar refractivity (Wildman–Crippen MR) is 88.2 cm³/mol. The molecule has 1 fully saturated rings. The lowest BCUT2D eigenvalue weighted by atomic mass is 9.96. The highest BCUT2D eigenvalue weighted by atomic mass is 35.5. The van der Waals surface area contributed by atoms with E-state index in [1.807, 2.05) is 20.8 Å². The predicted octanol–water partition coefficient (Wildman–Crippen LogP) is 1.58. The van der Waals surface area contributed by atoms with E-state index in [1.54, 1.807) is 4.57 Å². The minimum absolute atomic E-state index is 0. The zero-order valence-corrected chi connectivity index (χ0v) is 14.4. The van der Waals surface area contributed by atoms with Gasteiger partial charge in [-0.1, -0.05) is 11.3 Å². The minimum atomic E-state index is -0.290. The Morgan fingerprint density at radius 2 is 2.10 bits per heavy atom. The van der Waals surface area contributed by atoms with Crippen molar-refractivity contribution in [1.29, 1.82) is 0 Å². The molecule has 5 nitrogen and oxygen atoms in total. The number of aryl methyl sites for hydroxylation is 1. The van der Waals surface area contributed by atoms with E-state index in [0.717, 1.165) is 23.4 Å². The van der Waals surface area contributed by atoms with Crippen molar-refractivity contribution in [3.05, 3.63) is 20.2 Å². The van der Waals surface area contributed by atoms with E-state index in [4.69, 9.17) is 5.73 Å². The number of hydrogen-bond acceptors (Lipinski definition) is 4. The number of nitrogens with two attached hydrogens (primary N) is 1. The zero-order valence-electron chi connectivity index (χ0n) is 12.8. The summed E-state index contributed by atoms with van der Waals surface area (Å²) in [6, 6.07) is 0. The van der Waals surface area contributed by atoms with Crippen molar-refractivity contribution in [2.75, 3.05) is 6.54 Å². The second-order valence-corrected chi connectivity index (χ2v) is 7.02. The molecule has 1 saturated carbocycles. The molecule has 1 aromatic heterocycles. The number of nitrogens with zero attached hydrogens (tertiary/aromatic N) is 1. The van der Waals surface area contributed by atoms with E-state index < -0.39 is 0 Å². The highest BCUT2D eigenvalue weighted by Crippen LogP contribution is 2.38. The van der Waals surface area contributed by atoms with Gasteiger partial charge in [0.1, 0.15) is 0 Å². The number of aromatic nitrogens is 1. The molecule has 0 aliphatic heterocycles. The molecular weight excluding hydrogens is 310 g/mol. The molecule has 0 saturated heterocycles. The summed E-state index contributed by atoms with van der Waals surface area (Å²) in [7, 11) is 0. The lowest BCUT2D eigenvalue weighted by molar-refractivity contribution is -0.123. The maximum absolute atomic E-state index is 12.1. The molecule has 7 heteroatoms. The van der Waals surface area contributed by atoms with Crippen molar-refractivity contribution < 1.29 is 4.79 Å². The topological polar surface area (TPSA) is 77.1 Å². The summed E-state index contributed by atoms with van der Waals surface area (Å²) in [6.45, 7) is 6.75. The van der Waals surface area contributed by atoms with Gasteiger partial charge in [-0.25, -0.2) is 0 Å².